The van der Waals surface area contributed by atoms with Crippen LogP contribution in [0.25, 0.3) is 0 Å². The van der Waals surface area contributed by atoms with Crippen LogP contribution < -0.4 is 10.6 Å². The van der Waals surface area contributed by atoms with E-state index >= 15 is 0 Å². The zero-order valence-corrected chi connectivity index (χ0v) is 9.78. The highest BCUT2D eigenvalue weighted by Crippen LogP contribution is 2.18. The number of amides is 2. The van der Waals surface area contributed by atoms with Gasteiger partial charge >= 0.3 is 6.03 Å². The van der Waals surface area contributed by atoms with Crippen molar-refractivity contribution in [1.82, 2.24) is 15.5 Å². The van der Waals surface area contributed by atoms with Crippen molar-refractivity contribution in [2.24, 2.45) is 0 Å². The van der Waals surface area contributed by atoms with Crippen LogP contribution in [0.2, 0.25) is 0 Å². The second-order valence-electron chi connectivity index (χ2n) is 4.83. The molecule has 0 aromatic heterocycles. The Morgan fingerprint density at radius 1 is 1.38 bits per heavy atom. The second kappa shape index (κ2) is 5.01. The molecule has 16 heavy (non-hydrogen) atoms. The Bertz CT molecular complexity index is 254. The predicted molar refractivity (Wildman–Crippen MR) is 61.2 cm³/mol. The van der Waals surface area contributed by atoms with Crippen LogP contribution in [0.3, 0.4) is 0 Å². The lowest BCUT2D eigenvalue weighted by Gasteiger charge is -2.28. The third-order valence-electron chi connectivity index (χ3n) is 3.65. The molecular weight excluding hydrogens is 206 g/mol. The van der Waals surface area contributed by atoms with Crippen molar-refractivity contribution >= 4 is 6.03 Å². The fourth-order valence-corrected chi connectivity index (χ4v) is 2.54. The van der Waals surface area contributed by atoms with Gasteiger partial charge in [0, 0.05) is 26.2 Å². The van der Waals surface area contributed by atoms with E-state index in [-0.39, 0.29) is 12.1 Å². The minimum atomic E-state index is -0.445. The van der Waals surface area contributed by atoms with Crippen LogP contribution in [0.4, 0.5) is 4.79 Å². The number of aliphatic hydroxyl groups excluding tert-OH is 1. The first-order chi connectivity index (χ1) is 7.68. The van der Waals surface area contributed by atoms with Gasteiger partial charge in [0.05, 0.1) is 12.1 Å². The van der Waals surface area contributed by atoms with Gasteiger partial charge in [-0.05, 0) is 12.8 Å². The van der Waals surface area contributed by atoms with Gasteiger partial charge in [0.15, 0.2) is 0 Å². The summed E-state index contributed by atoms with van der Waals surface area (Å²) in [4.78, 5) is 13.5. The van der Waals surface area contributed by atoms with E-state index in [2.05, 4.69) is 10.6 Å². The first-order valence-electron chi connectivity index (χ1n) is 6.10. The monoisotopic (exact) mass is 227 g/mol. The minimum Gasteiger partial charge on any atom is -0.390 e. The number of urea groups is 1. The lowest BCUT2D eigenvalue weighted by Crippen LogP contribution is -2.50. The van der Waals surface area contributed by atoms with Gasteiger partial charge in [0.25, 0.3) is 0 Å². The molecule has 1 saturated carbocycles. The molecule has 0 aromatic carbocycles. The van der Waals surface area contributed by atoms with E-state index in [1.54, 1.807) is 11.9 Å². The Hall–Kier alpha value is -0.810. The number of carbonyl (C=O) groups excluding carboxylic acids is 1. The number of likely N-dealkylation sites (N-methyl/N-ethyl adjacent to an activating group) is 1. The molecule has 0 bridgehead atoms. The molecule has 2 rings (SSSR count). The number of aliphatic hydroxyl groups is 1. The SMILES string of the molecule is CN(C(=O)NC1CCCC1)[C@H]1CNC[C@@H]1O. The van der Waals surface area contributed by atoms with Gasteiger partial charge in [-0.1, -0.05) is 12.8 Å². The number of nitrogens with one attached hydrogen (secondary N) is 2. The van der Waals surface area contributed by atoms with Gasteiger partial charge in [-0.25, -0.2) is 4.79 Å². The molecule has 5 heteroatoms. The summed E-state index contributed by atoms with van der Waals surface area (Å²) in [5, 5.41) is 15.8. The van der Waals surface area contributed by atoms with E-state index < -0.39 is 6.10 Å². The number of β-amino-alcohol motifs (C(OH)–C–C–N with tert-alkyl or cyclic N) is 1. The normalized spacial score (nSPS) is 30.6. The first-order valence-corrected chi connectivity index (χ1v) is 6.10. The molecule has 1 aliphatic heterocycles. The van der Waals surface area contributed by atoms with Gasteiger partial charge in [0.2, 0.25) is 0 Å². The summed E-state index contributed by atoms with van der Waals surface area (Å²) in [5.41, 5.74) is 0. The van der Waals surface area contributed by atoms with Crippen molar-refractivity contribution in [2.75, 3.05) is 20.1 Å². The third-order valence-corrected chi connectivity index (χ3v) is 3.65. The standard InChI is InChI=1S/C11H21N3O2/c1-14(9-6-12-7-10(9)15)11(16)13-8-4-2-3-5-8/h8-10,12,15H,2-7H2,1H3,(H,13,16)/t9-,10-/m0/s1. The second-order valence-corrected chi connectivity index (χ2v) is 4.83. The number of hydrogen-bond donors (Lipinski definition) is 3. The maximum Gasteiger partial charge on any atom is 0.317 e. The molecule has 3 N–H and O–H groups in total. The molecule has 1 aliphatic carbocycles. The molecule has 0 unspecified atom stereocenters. The minimum absolute atomic E-state index is 0.0559. The van der Waals surface area contributed by atoms with Crippen molar-refractivity contribution in [3.8, 4) is 0 Å². The van der Waals surface area contributed by atoms with Gasteiger partial charge in [-0.2, -0.15) is 0 Å². The summed E-state index contributed by atoms with van der Waals surface area (Å²) < 4.78 is 0. The molecule has 0 radical (unpaired) electrons. The van der Waals surface area contributed by atoms with E-state index in [9.17, 15) is 9.90 Å². The van der Waals surface area contributed by atoms with Crippen LogP contribution in [-0.4, -0.2) is 54.4 Å². The summed E-state index contributed by atoms with van der Waals surface area (Å²) in [5.74, 6) is 0. The van der Waals surface area contributed by atoms with Crippen LogP contribution in [0, 0.1) is 0 Å². The Morgan fingerprint density at radius 2 is 2.06 bits per heavy atom. The fourth-order valence-electron chi connectivity index (χ4n) is 2.54. The summed E-state index contributed by atoms with van der Waals surface area (Å²) in [6.45, 7) is 1.25. The lowest BCUT2D eigenvalue weighted by atomic mass is 10.2. The highest BCUT2D eigenvalue weighted by atomic mass is 16.3. The fraction of sp³-hybridized carbons (Fsp3) is 0.909. The van der Waals surface area contributed by atoms with Crippen LogP contribution in [0.5, 0.6) is 0 Å². The molecular formula is C11H21N3O2. The Balaban J connectivity index is 1.83. The van der Waals surface area contributed by atoms with E-state index in [4.69, 9.17) is 0 Å². The highest BCUT2D eigenvalue weighted by Gasteiger charge is 2.32. The predicted octanol–water partition coefficient (Wildman–Crippen LogP) is -0.0969. The molecule has 1 saturated heterocycles. The number of hydrogen-bond acceptors (Lipinski definition) is 3. The topological polar surface area (TPSA) is 64.6 Å². The summed E-state index contributed by atoms with van der Waals surface area (Å²) >= 11 is 0. The van der Waals surface area contributed by atoms with Crippen LogP contribution in [0.15, 0.2) is 0 Å². The smallest absolute Gasteiger partial charge is 0.317 e. The van der Waals surface area contributed by atoms with Crippen LogP contribution in [-0.2, 0) is 0 Å². The quantitative estimate of drug-likeness (QED) is 0.617. The Kier molecular flexibility index (Phi) is 3.66. The molecule has 2 fully saturated rings. The Labute approximate surface area is 96.2 Å². The van der Waals surface area contributed by atoms with Crippen molar-refractivity contribution in [2.45, 2.75) is 43.9 Å². The maximum absolute atomic E-state index is 11.9. The lowest BCUT2D eigenvalue weighted by molar-refractivity contribution is 0.109. The van der Waals surface area contributed by atoms with Crippen LogP contribution >= 0.6 is 0 Å². The third kappa shape index (κ3) is 2.47. The van der Waals surface area contributed by atoms with Gasteiger partial charge < -0.3 is 20.6 Å². The van der Waals surface area contributed by atoms with Crippen LogP contribution in [0.1, 0.15) is 25.7 Å². The molecule has 0 spiro atoms. The highest BCUT2D eigenvalue weighted by molar-refractivity contribution is 5.74. The zero-order valence-electron chi connectivity index (χ0n) is 9.78. The number of nitrogens with zero attached hydrogens (tertiary/aromatic N) is 1. The summed E-state index contributed by atoms with van der Waals surface area (Å²) in [7, 11) is 1.76. The van der Waals surface area contributed by atoms with Crippen molar-refractivity contribution in [3.05, 3.63) is 0 Å². The number of rotatable bonds is 2. The van der Waals surface area contributed by atoms with E-state index in [1.807, 2.05) is 0 Å². The number of carbonyl (C=O) groups is 1. The average Bonchev–Trinajstić information content (AvgIpc) is 2.88. The van der Waals surface area contributed by atoms with Gasteiger partial charge in [-0.3, -0.25) is 0 Å². The van der Waals surface area contributed by atoms with E-state index in [1.165, 1.54) is 12.8 Å². The van der Waals surface area contributed by atoms with Gasteiger partial charge in [-0.15, -0.1) is 0 Å². The zero-order chi connectivity index (χ0) is 11.5. The summed E-state index contributed by atoms with van der Waals surface area (Å²) in [6.07, 6.45) is 4.15. The molecule has 0 aromatic rings. The molecule has 2 amide bonds. The van der Waals surface area contributed by atoms with Gasteiger partial charge in [0.1, 0.15) is 0 Å². The molecule has 2 aliphatic rings. The molecule has 1 heterocycles. The maximum atomic E-state index is 11.9. The van der Waals surface area contributed by atoms with Crippen molar-refractivity contribution < 1.29 is 9.90 Å². The molecule has 92 valence electrons. The van der Waals surface area contributed by atoms with E-state index in [0.29, 0.717) is 19.1 Å². The molecule has 5 nitrogen and oxygen atoms in total. The summed E-state index contributed by atoms with van der Waals surface area (Å²) in [6, 6.07) is 0.183. The van der Waals surface area contributed by atoms with E-state index in [0.717, 1.165) is 12.8 Å². The molecule has 2 atom stereocenters. The average molecular weight is 227 g/mol. The first kappa shape index (κ1) is 11.7. The van der Waals surface area contributed by atoms with Crippen molar-refractivity contribution in [3.63, 3.8) is 0 Å². The largest absolute Gasteiger partial charge is 0.390 e. The van der Waals surface area contributed by atoms with Crippen molar-refractivity contribution in [1.29, 1.82) is 0 Å². The Morgan fingerprint density at radius 3 is 2.62 bits per heavy atom.